The van der Waals surface area contributed by atoms with Crippen LogP contribution in [0.15, 0.2) is 24.3 Å². The summed E-state index contributed by atoms with van der Waals surface area (Å²) in [5.74, 6) is 6.78. The molecule has 0 amide bonds. The van der Waals surface area contributed by atoms with E-state index in [1.165, 1.54) is 5.69 Å². The largest absolute Gasteiger partial charge is 0.369 e. The second-order valence-electron chi connectivity index (χ2n) is 4.58. The summed E-state index contributed by atoms with van der Waals surface area (Å²) in [7, 11) is 2.17. The Bertz CT molecular complexity index is 422. The normalized spacial score (nSPS) is 16.2. The number of piperazine rings is 1. The Morgan fingerprint density at radius 2 is 1.78 bits per heavy atom. The molecule has 0 unspecified atom stereocenters. The van der Waals surface area contributed by atoms with Crippen LogP contribution in [0, 0.1) is 11.8 Å². The molecule has 0 spiro atoms. The van der Waals surface area contributed by atoms with Gasteiger partial charge in [0.1, 0.15) is 0 Å². The quantitative estimate of drug-likeness (QED) is 0.597. The van der Waals surface area contributed by atoms with E-state index in [0.717, 1.165) is 38.2 Å². The average Bonchev–Trinajstić information content (AvgIpc) is 2.41. The number of hydrogen-bond donors (Lipinski definition) is 0. The van der Waals surface area contributed by atoms with Crippen LogP contribution < -0.4 is 4.90 Å². The van der Waals surface area contributed by atoms with Crippen LogP contribution in [0.2, 0.25) is 0 Å². The van der Waals surface area contributed by atoms with Gasteiger partial charge in [-0.2, -0.15) is 0 Å². The van der Waals surface area contributed by atoms with Crippen LogP contribution in [0.1, 0.15) is 12.0 Å². The molecule has 0 bridgehead atoms. The lowest BCUT2D eigenvalue weighted by molar-refractivity contribution is 0.313. The Morgan fingerprint density at radius 3 is 2.39 bits per heavy atom. The molecule has 1 aliphatic rings. The van der Waals surface area contributed by atoms with Gasteiger partial charge < -0.3 is 9.80 Å². The fraction of sp³-hybridized carbons (Fsp3) is 0.467. The van der Waals surface area contributed by atoms with Gasteiger partial charge in [-0.1, -0.05) is 11.8 Å². The second kappa shape index (κ2) is 6.68. The highest BCUT2D eigenvalue weighted by Gasteiger charge is 2.13. The van der Waals surface area contributed by atoms with Gasteiger partial charge in [-0.15, -0.1) is 11.6 Å². The van der Waals surface area contributed by atoms with Crippen molar-refractivity contribution < 1.29 is 0 Å². The van der Waals surface area contributed by atoms with Crippen LogP contribution in [0.4, 0.5) is 5.69 Å². The maximum absolute atomic E-state index is 5.59. The van der Waals surface area contributed by atoms with E-state index in [2.05, 4.69) is 53.0 Å². The van der Waals surface area contributed by atoms with Crippen molar-refractivity contribution in [3.8, 4) is 11.8 Å². The van der Waals surface area contributed by atoms with Crippen molar-refractivity contribution in [3.63, 3.8) is 0 Å². The summed E-state index contributed by atoms with van der Waals surface area (Å²) in [4.78, 5) is 4.79. The maximum Gasteiger partial charge on any atom is 0.0367 e. The smallest absolute Gasteiger partial charge is 0.0367 e. The number of nitrogens with zero attached hydrogens (tertiary/aromatic N) is 2. The van der Waals surface area contributed by atoms with Crippen molar-refractivity contribution in [2.75, 3.05) is 44.0 Å². The molecular formula is C15H19ClN2. The predicted octanol–water partition coefficient (Wildman–Crippen LogP) is 2.42. The molecule has 18 heavy (non-hydrogen) atoms. The lowest BCUT2D eigenvalue weighted by Gasteiger charge is -2.34. The first-order valence-corrected chi connectivity index (χ1v) is 6.91. The van der Waals surface area contributed by atoms with Gasteiger partial charge in [0.15, 0.2) is 0 Å². The first-order valence-electron chi connectivity index (χ1n) is 6.38. The first-order chi connectivity index (χ1) is 8.79. The van der Waals surface area contributed by atoms with Gasteiger partial charge in [-0.05, 0) is 31.3 Å². The Morgan fingerprint density at radius 1 is 1.11 bits per heavy atom. The van der Waals surface area contributed by atoms with E-state index >= 15 is 0 Å². The Kier molecular flexibility index (Phi) is 4.92. The zero-order chi connectivity index (χ0) is 12.8. The molecule has 1 heterocycles. The van der Waals surface area contributed by atoms with Crippen LogP contribution >= 0.6 is 11.6 Å². The van der Waals surface area contributed by atoms with Crippen molar-refractivity contribution in [1.82, 2.24) is 4.90 Å². The highest BCUT2D eigenvalue weighted by atomic mass is 35.5. The maximum atomic E-state index is 5.59. The number of benzene rings is 1. The number of rotatable bonds is 2. The number of halogens is 1. The van der Waals surface area contributed by atoms with E-state index in [1.807, 2.05) is 0 Å². The van der Waals surface area contributed by atoms with Crippen molar-refractivity contribution in [2.24, 2.45) is 0 Å². The molecule has 0 aromatic heterocycles. The van der Waals surface area contributed by atoms with Gasteiger partial charge >= 0.3 is 0 Å². The second-order valence-corrected chi connectivity index (χ2v) is 4.96. The van der Waals surface area contributed by atoms with Crippen LogP contribution in [-0.2, 0) is 0 Å². The van der Waals surface area contributed by atoms with Gasteiger partial charge in [-0.25, -0.2) is 0 Å². The molecule has 1 fully saturated rings. The number of likely N-dealkylation sites (N-methyl/N-ethyl adjacent to an activating group) is 1. The predicted molar refractivity (Wildman–Crippen MR) is 78.4 cm³/mol. The lowest BCUT2D eigenvalue weighted by atomic mass is 10.2. The molecule has 1 aromatic carbocycles. The summed E-state index contributed by atoms with van der Waals surface area (Å²) >= 11 is 5.59. The topological polar surface area (TPSA) is 6.48 Å². The molecule has 3 heteroatoms. The van der Waals surface area contributed by atoms with Crippen molar-refractivity contribution in [2.45, 2.75) is 6.42 Å². The standard InChI is InChI=1S/C15H19ClN2/c1-17-10-12-18(13-11-17)15-7-5-14(6-8-15)4-2-3-9-16/h5-8H,3,9-13H2,1H3. The van der Waals surface area contributed by atoms with Gasteiger partial charge in [-0.3, -0.25) is 0 Å². The van der Waals surface area contributed by atoms with E-state index in [9.17, 15) is 0 Å². The Hall–Kier alpha value is -1.17. The molecule has 96 valence electrons. The SMILES string of the molecule is CN1CCN(c2ccc(C#CCCCl)cc2)CC1. The molecule has 1 aliphatic heterocycles. The van der Waals surface area contributed by atoms with Crippen LogP contribution in [0.5, 0.6) is 0 Å². The van der Waals surface area contributed by atoms with Gasteiger partial charge in [0, 0.05) is 49.7 Å². The summed E-state index contributed by atoms with van der Waals surface area (Å²) in [6, 6.07) is 8.51. The van der Waals surface area contributed by atoms with E-state index in [-0.39, 0.29) is 0 Å². The molecule has 1 saturated heterocycles. The molecule has 0 aliphatic carbocycles. The van der Waals surface area contributed by atoms with Crippen molar-refractivity contribution in [1.29, 1.82) is 0 Å². The minimum atomic E-state index is 0.604. The molecule has 2 nitrogen and oxygen atoms in total. The number of anilines is 1. The van der Waals surface area contributed by atoms with Gasteiger partial charge in [0.2, 0.25) is 0 Å². The summed E-state index contributed by atoms with van der Waals surface area (Å²) in [6.45, 7) is 4.48. The summed E-state index contributed by atoms with van der Waals surface area (Å²) < 4.78 is 0. The number of hydrogen-bond acceptors (Lipinski definition) is 2. The summed E-state index contributed by atoms with van der Waals surface area (Å²) in [6.07, 6.45) is 0.752. The zero-order valence-electron chi connectivity index (χ0n) is 10.8. The lowest BCUT2D eigenvalue weighted by Crippen LogP contribution is -2.44. The van der Waals surface area contributed by atoms with E-state index in [0.29, 0.717) is 5.88 Å². The molecular weight excluding hydrogens is 244 g/mol. The third-order valence-electron chi connectivity index (χ3n) is 3.19. The molecule has 0 saturated carbocycles. The fourth-order valence-corrected chi connectivity index (χ4v) is 2.13. The molecule has 0 atom stereocenters. The zero-order valence-corrected chi connectivity index (χ0v) is 11.6. The van der Waals surface area contributed by atoms with Crippen molar-refractivity contribution in [3.05, 3.63) is 29.8 Å². The van der Waals surface area contributed by atoms with Gasteiger partial charge in [0.05, 0.1) is 0 Å². The molecule has 0 N–H and O–H groups in total. The first kappa shape index (κ1) is 13.3. The highest BCUT2D eigenvalue weighted by Crippen LogP contribution is 2.16. The molecule has 0 radical (unpaired) electrons. The fourth-order valence-electron chi connectivity index (χ4n) is 2.03. The van der Waals surface area contributed by atoms with Crippen LogP contribution in [-0.4, -0.2) is 44.0 Å². The third kappa shape index (κ3) is 3.66. The molecule has 2 rings (SSSR count). The van der Waals surface area contributed by atoms with E-state index in [4.69, 9.17) is 11.6 Å². The number of alkyl halides is 1. The van der Waals surface area contributed by atoms with E-state index in [1.54, 1.807) is 0 Å². The highest BCUT2D eigenvalue weighted by molar-refractivity contribution is 6.18. The summed E-state index contributed by atoms with van der Waals surface area (Å²) in [5.41, 5.74) is 2.36. The van der Waals surface area contributed by atoms with E-state index < -0.39 is 0 Å². The van der Waals surface area contributed by atoms with Crippen LogP contribution in [0.25, 0.3) is 0 Å². The Labute approximate surface area is 115 Å². The Balaban J connectivity index is 1.97. The van der Waals surface area contributed by atoms with Crippen LogP contribution in [0.3, 0.4) is 0 Å². The average molecular weight is 263 g/mol. The molecule has 1 aromatic rings. The van der Waals surface area contributed by atoms with Gasteiger partial charge in [0.25, 0.3) is 0 Å². The van der Waals surface area contributed by atoms with Crippen molar-refractivity contribution >= 4 is 17.3 Å². The minimum absolute atomic E-state index is 0.604. The summed E-state index contributed by atoms with van der Waals surface area (Å²) in [5, 5.41) is 0. The monoisotopic (exact) mass is 262 g/mol. The third-order valence-corrected chi connectivity index (χ3v) is 3.38. The minimum Gasteiger partial charge on any atom is -0.369 e.